The lowest BCUT2D eigenvalue weighted by molar-refractivity contribution is 0.0829. The molecule has 1 aliphatic heterocycles. The monoisotopic (exact) mass is 300 g/mol. The van der Waals surface area contributed by atoms with Gasteiger partial charge in [-0.25, -0.2) is 4.79 Å². The van der Waals surface area contributed by atoms with Crippen LogP contribution in [0.5, 0.6) is 0 Å². The van der Waals surface area contributed by atoms with Crippen molar-refractivity contribution in [3.63, 3.8) is 0 Å². The molecule has 4 nitrogen and oxygen atoms in total. The Morgan fingerprint density at radius 3 is 2.91 bits per heavy atom. The van der Waals surface area contributed by atoms with Crippen molar-refractivity contribution in [2.75, 3.05) is 11.9 Å². The van der Waals surface area contributed by atoms with E-state index in [9.17, 15) is 4.79 Å². The minimum atomic E-state index is -0.132. The molecule has 0 unspecified atom stereocenters. The molecule has 2 amide bonds. The van der Waals surface area contributed by atoms with Crippen LogP contribution in [0.25, 0.3) is 0 Å². The molecule has 3 rings (SSSR count). The van der Waals surface area contributed by atoms with E-state index in [1.54, 1.807) is 0 Å². The Morgan fingerprint density at radius 1 is 1.32 bits per heavy atom. The van der Waals surface area contributed by atoms with Crippen molar-refractivity contribution in [1.82, 2.24) is 5.32 Å². The predicted molar refractivity (Wildman–Crippen MR) is 88.0 cm³/mol. The third kappa shape index (κ3) is 3.69. The number of aryl methyl sites for hydroxylation is 1. The number of rotatable bonds is 6. The van der Waals surface area contributed by atoms with E-state index in [0.29, 0.717) is 5.92 Å². The number of urea groups is 1. The Kier molecular flexibility index (Phi) is 4.78. The normalized spacial score (nSPS) is 24.0. The number of para-hydroxylation sites is 1. The van der Waals surface area contributed by atoms with Crippen LogP contribution in [0.2, 0.25) is 0 Å². The van der Waals surface area contributed by atoms with Crippen LogP contribution < -0.4 is 10.6 Å². The van der Waals surface area contributed by atoms with Gasteiger partial charge in [-0.3, -0.25) is 0 Å². The molecule has 2 aliphatic rings. The summed E-state index contributed by atoms with van der Waals surface area (Å²) >= 11 is 0. The molecular formula is C18H24N2O2. The molecule has 1 heterocycles. The highest BCUT2D eigenvalue weighted by Gasteiger charge is 2.41. The smallest absolute Gasteiger partial charge is 0.319 e. The number of hydrogen-bond acceptors (Lipinski definition) is 2. The number of amides is 2. The van der Waals surface area contributed by atoms with Crippen LogP contribution in [0, 0.1) is 5.92 Å². The fourth-order valence-electron chi connectivity index (χ4n) is 3.10. The van der Waals surface area contributed by atoms with E-state index < -0.39 is 0 Å². The van der Waals surface area contributed by atoms with Crippen LogP contribution in [0.4, 0.5) is 10.5 Å². The van der Waals surface area contributed by atoms with E-state index in [2.05, 4.69) is 17.2 Å². The number of benzene rings is 1. The van der Waals surface area contributed by atoms with E-state index in [1.807, 2.05) is 30.3 Å². The molecule has 0 spiro atoms. The van der Waals surface area contributed by atoms with E-state index >= 15 is 0 Å². The third-order valence-electron chi connectivity index (χ3n) is 4.42. The first-order valence-corrected chi connectivity index (χ1v) is 8.16. The maximum atomic E-state index is 12.3. The number of allylic oxidation sites excluding steroid dienone is 1. The zero-order chi connectivity index (χ0) is 15.4. The van der Waals surface area contributed by atoms with Crippen molar-refractivity contribution in [3.05, 3.63) is 42.5 Å². The number of anilines is 1. The summed E-state index contributed by atoms with van der Waals surface area (Å²) in [6, 6.07) is 7.94. The van der Waals surface area contributed by atoms with Gasteiger partial charge in [-0.05, 0) is 49.7 Å². The summed E-state index contributed by atoms with van der Waals surface area (Å²) in [5, 5.41) is 6.07. The highest BCUT2D eigenvalue weighted by molar-refractivity contribution is 5.90. The second kappa shape index (κ2) is 6.97. The van der Waals surface area contributed by atoms with Crippen molar-refractivity contribution in [2.24, 2.45) is 5.92 Å². The van der Waals surface area contributed by atoms with Gasteiger partial charge in [0.15, 0.2) is 0 Å². The highest BCUT2D eigenvalue weighted by Crippen LogP contribution is 2.38. The standard InChI is InChI=1S/C18H24N2O2/c1-2-3-6-13-7-4-5-8-15(13)19-18(21)20-16-11-12-22-17(16)14-9-10-14/h2,4-5,7-8,14,16-17H,1,3,6,9-12H2,(H2,19,20,21)/t16-,17-/m1/s1. The molecule has 22 heavy (non-hydrogen) atoms. The van der Waals surface area contributed by atoms with Gasteiger partial charge in [-0.1, -0.05) is 24.3 Å². The van der Waals surface area contributed by atoms with Gasteiger partial charge < -0.3 is 15.4 Å². The van der Waals surface area contributed by atoms with Crippen molar-refractivity contribution >= 4 is 11.7 Å². The summed E-state index contributed by atoms with van der Waals surface area (Å²) in [5.74, 6) is 0.646. The summed E-state index contributed by atoms with van der Waals surface area (Å²) in [6.45, 7) is 4.50. The predicted octanol–water partition coefficient (Wildman–Crippen LogP) is 3.49. The number of ether oxygens (including phenoxy) is 1. The van der Waals surface area contributed by atoms with Gasteiger partial charge in [0.05, 0.1) is 12.1 Å². The number of carbonyl (C=O) groups excluding carboxylic acids is 1. The summed E-state index contributed by atoms with van der Waals surface area (Å²) in [6.07, 6.45) is 7.27. The van der Waals surface area contributed by atoms with Gasteiger partial charge in [0, 0.05) is 12.3 Å². The molecule has 1 aromatic rings. The molecule has 0 bridgehead atoms. The van der Waals surface area contributed by atoms with Crippen molar-refractivity contribution < 1.29 is 9.53 Å². The summed E-state index contributed by atoms with van der Waals surface area (Å²) in [4.78, 5) is 12.3. The second-order valence-corrected chi connectivity index (χ2v) is 6.15. The molecule has 1 saturated carbocycles. The molecule has 118 valence electrons. The van der Waals surface area contributed by atoms with Crippen LogP contribution in [-0.2, 0) is 11.2 Å². The van der Waals surface area contributed by atoms with E-state index in [0.717, 1.165) is 37.1 Å². The molecule has 1 saturated heterocycles. The quantitative estimate of drug-likeness (QED) is 0.790. The van der Waals surface area contributed by atoms with Crippen LogP contribution in [0.15, 0.2) is 36.9 Å². The zero-order valence-corrected chi connectivity index (χ0v) is 12.9. The molecule has 2 N–H and O–H groups in total. The van der Waals surface area contributed by atoms with Crippen LogP contribution in [0.3, 0.4) is 0 Å². The van der Waals surface area contributed by atoms with Gasteiger partial charge in [0.1, 0.15) is 0 Å². The van der Waals surface area contributed by atoms with Crippen LogP contribution in [0.1, 0.15) is 31.2 Å². The van der Waals surface area contributed by atoms with Crippen LogP contribution in [-0.4, -0.2) is 24.8 Å². The van der Waals surface area contributed by atoms with Gasteiger partial charge in [-0.2, -0.15) is 0 Å². The zero-order valence-electron chi connectivity index (χ0n) is 12.9. The maximum Gasteiger partial charge on any atom is 0.319 e. The largest absolute Gasteiger partial charge is 0.376 e. The van der Waals surface area contributed by atoms with Crippen LogP contribution >= 0.6 is 0 Å². The van der Waals surface area contributed by atoms with Crippen molar-refractivity contribution in [1.29, 1.82) is 0 Å². The number of carbonyl (C=O) groups is 1. The average molecular weight is 300 g/mol. The lowest BCUT2D eigenvalue weighted by atomic mass is 10.1. The molecule has 1 aromatic carbocycles. The van der Waals surface area contributed by atoms with Gasteiger partial charge in [0.25, 0.3) is 0 Å². The fourth-order valence-corrected chi connectivity index (χ4v) is 3.10. The lowest BCUT2D eigenvalue weighted by Crippen LogP contribution is -2.43. The van der Waals surface area contributed by atoms with Gasteiger partial charge >= 0.3 is 6.03 Å². The minimum absolute atomic E-state index is 0.132. The molecule has 0 aromatic heterocycles. The topological polar surface area (TPSA) is 50.4 Å². The Balaban J connectivity index is 1.58. The molecule has 1 aliphatic carbocycles. The molecular weight excluding hydrogens is 276 g/mol. The first-order chi connectivity index (χ1) is 10.8. The van der Waals surface area contributed by atoms with Gasteiger partial charge in [-0.15, -0.1) is 6.58 Å². The summed E-state index contributed by atoms with van der Waals surface area (Å²) < 4.78 is 5.76. The number of hydrogen-bond donors (Lipinski definition) is 2. The highest BCUT2D eigenvalue weighted by atomic mass is 16.5. The Bertz CT molecular complexity index is 540. The third-order valence-corrected chi connectivity index (χ3v) is 4.42. The number of nitrogens with one attached hydrogen (secondary N) is 2. The summed E-state index contributed by atoms with van der Waals surface area (Å²) in [7, 11) is 0. The van der Waals surface area contributed by atoms with Crippen molar-refractivity contribution in [2.45, 2.75) is 44.2 Å². The maximum absolute atomic E-state index is 12.3. The van der Waals surface area contributed by atoms with E-state index in [1.165, 1.54) is 12.8 Å². The second-order valence-electron chi connectivity index (χ2n) is 6.15. The van der Waals surface area contributed by atoms with E-state index in [4.69, 9.17) is 4.74 Å². The molecule has 2 atom stereocenters. The Morgan fingerprint density at radius 2 is 2.14 bits per heavy atom. The fraction of sp³-hybridized carbons (Fsp3) is 0.500. The molecule has 4 heteroatoms. The first-order valence-electron chi connectivity index (χ1n) is 8.16. The average Bonchev–Trinajstić information content (AvgIpc) is 3.26. The van der Waals surface area contributed by atoms with Gasteiger partial charge in [0.2, 0.25) is 0 Å². The first kappa shape index (κ1) is 15.1. The molecule has 2 fully saturated rings. The summed E-state index contributed by atoms with van der Waals surface area (Å²) in [5.41, 5.74) is 2.02. The lowest BCUT2D eigenvalue weighted by Gasteiger charge is -2.20. The SMILES string of the molecule is C=CCCc1ccccc1NC(=O)N[C@@H]1CCO[C@@H]1C1CC1. The minimum Gasteiger partial charge on any atom is -0.376 e. The Labute approximate surface area is 131 Å². The molecule has 0 radical (unpaired) electrons. The van der Waals surface area contributed by atoms with Crippen molar-refractivity contribution in [3.8, 4) is 0 Å². The van der Waals surface area contributed by atoms with E-state index in [-0.39, 0.29) is 18.2 Å². The Hall–Kier alpha value is -1.81.